The van der Waals surface area contributed by atoms with Crippen molar-refractivity contribution in [3.8, 4) is 12.3 Å². The Morgan fingerprint density at radius 3 is 2.24 bits per heavy atom. The van der Waals surface area contributed by atoms with Crippen molar-refractivity contribution in [3.05, 3.63) is 102 Å². The summed E-state index contributed by atoms with van der Waals surface area (Å²) in [5.74, 6) is 1.62. The molecule has 3 N–H and O–H groups in total. The maximum absolute atomic E-state index is 14.0. The molecule has 3 aromatic carbocycles. The van der Waals surface area contributed by atoms with Gasteiger partial charge in [0.05, 0.1) is 24.9 Å². The van der Waals surface area contributed by atoms with Crippen LogP contribution in [0.15, 0.2) is 84.9 Å². The van der Waals surface area contributed by atoms with Crippen LogP contribution in [0.5, 0.6) is 0 Å². The average Bonchev–Trinajstić information content (AvgIpc) is 2.98. The molecule has 1 saturated heterocycles. The molecule has 0 radical (unpaired) electrons. The number of nitrogens with one attached hydrogen (secondary N) is 1. The number of hydrogen-bond donors (Lipinski definition) is 2. The van der Waals surface area contributed by atoms with Gasteiger partial charge >= 0.3 is 6.09 Å². The molecule has 0 aromatic heterocycles. The van der Waals surface area contributed by atoms with Crippen molar-refractivity contribution in [2.24, 2.45) is 5.73 Å². The summed E-state index contributed by atoms with van der Waals surface area (Å²) in [7, 11) is 1.25. The molecule has 7 nitrogen and oxygen atoms in total. The first-order chi connectivity index (χ1) is 18.5. The van der Waals surface area contributed by atoms with E-state index in [1.807, 2.05) is 72.8 Å². The first-order valence-electron chi connectivity index (χ1n) is 12.7. The highest BCUT2D eigenvalue weighted by Crippen LogP contribution is 2.31. The molecule has 0 bridgehead atoms. The quantitative estimate of drug-likeness (QED) is 0.446. The first kappa shape index (κ1) is 27.1. The number of hydrogen-bond acceptors (Lipinski definition) is 6. The zero-order chi connectivity index (χ0) is 26.9. The van der Waals surface area contributed by atoms with Crippen LogP contribution < -0.4 is 16.0 Å². The SMILES string of the molecule is C#C[C@H]1CNC[C@@H](CCc2ccccc2N(C(=O)OC)C(=O)[C@@H](N)C(c2ccccc2)c2ccccc2)O1. The number of ether oxygens (including phenoxy) is 2. The van der Waals surface area contributed by atoms with Crippen LogP contribution in [-0.4, -0.2) is 50.4 Å². The number of morpholine rings is 1. The molecular formula is C31H33N3O4. The number of benzene rings is 3. The van der Waals surface area contributed by atoms with E-state index in [0.717, 1.165) is 21.6 Å². The lowest BCUT2D eigenvalue weighted by Crippen LogP contribution is -2.50. The normalized spacial score (nSPS) is 17.8. The number of methoxy groups -OCH3 is 1. The smallest absolute Gasteiger partial charge is 0.420 e. The summed E-state index contributed by atoms with van der Waals surface area (Å²) in [5, 5.41) is 3.29. The van der Waals surface area contributed by atoms with Gasteiger partial charge in [-0.25, -0.2) is 9.69 Å². The molecular weight excluding hydrogens is 478 g/mol. The standard InChI is InChI=1S/C31H33N3O4/c1-3-25-20-33-21-26(38-25)19-18-22-12-10-11-17-27(22)34(31(36)37-2)30(35)29(32)28(23-13-6-4-7-14-23)24-15-8-5-9-16-24/h1,4-17,25-26,28-29,33H,18-21,32H2,2H3/t25-,26+,29-/m0/s1. The van der Waals surface area contributed by atoms with E-state index in [2.05, 4.69) is 11.2 Å². The highest BCUT2D eigenvalue weighted by molar-refractivity contribution is 6.15. The number of amides is 2. The zero-order valence-corrected chi connectivity index (χ0v) is 21.5. The van der Waals surface area contributed by atoms with E-state index in [9.17, 15) is 9.59 Å². The van der Waals surface area contributed by atoms with Gasteiger partial charge in [0.1, 0.15) is 6.10 Å². The molecule has 0 unspecified atom stereocenters. The van der Waals surface area contributed by atoms with E-state index in [4.69, 9.17) is 21.6 Å². The fraction of sp³-hybridized carbons (Fsp3) is 0.290. The predicted molar refractivity (Wildman–Crippen MR) is 148 cm³/mol. The minimum Gasteiger partial charge on any atom is -0.452 e. The second kappa shape index (κ2) is 13.0. The molecule has 0 saturated carbocycles. The number of rotatable bonds is 8. The van der Waals surface area contributed by atoms with Crippen molar-refractivity contribution in [1.82, 2.24) is 5.32 Å². The average molecular weight is 512 g/mol. The van der Waals surface area contributed by atoms with Gasteiger partial charge in [0, 0.05) is 19.0 Å². The van der Waals surface area contributed by atoms with Crippen LogP contribution in [0.1, 0.15) is 29.0 Å². The summed E-state index contributed by atoms with van der Waals surface area (Å²) in [6.07, 6.45) is 5.61. The minimum absolute atomic E-state index is 0.0806. The van der Waals surface area contributed by atoms with Gasteiger partial charge in [0.15, 0.2) is 0 Å². The largest absolute Gasteiger partial charge is 0.452 e. The van der Waals surface area contributed by atoms with Gasteiger partial charge in [-0.05, 0) is 35.6 Å². The van der Waals surface area contributed by atoms with E-state index < -0.39 is 24.0 Å². The van der Waals surface area contributed by atoms with Gasteiger partial charge in [-0.2, -0.15) is 0 Å². The van der Waals surface area contributed by atoms with Crippen LogP contribution in [0.4, 0.5) is 10.5 Å². The van der Waals surface area contributed by atoms with Gasteiger partial charge < -0.3 is 20.5 Å². The number of para-hydroxylation sites is 1. The lowest BCUT2D eigenvalue weighted by atomic mass is 9.84. The molecule has 38 heavy (non-hydrogen) atoms. The third-order valence-corrected chi connectivity index (χ3v) is 6.75. The maximum atomic E-state index is 14.0. The van der Waals surface area contributed by atoms with Crippen molar-refractivity contribution in [3.63, 3.8) is 0 Å². The van der Waals surface area contributed by atoms with E-state index in [-0.39, 0.29) is 12.2 Å². The molecule has 0 aliphatic carbocycles. The van der Waals surface area contributed by atoms with Crippen LogP contribution in [-0.2, 0) is 20.7 Å². The van der Waals surface area contributed by atoms with E-state index in [0.29, 0.717) is 31.6 Å². The molecule has 1 fully saturated rings. The summed E-state index contributed by atoms with van der Waals surface area (Å²) in [6, 6.07) is 25.4. The third-order valence-electron chi connectivity index (χ3n) is 6.75. The summed E-state index contributed by atoms with van der Waals surface area (Å²) >= 11 is 0. The van der Waals surface area contributed by atoms with Gasteiger partial charge in [-0.3, -0.25) is 4.79 Å². The highest BCUT2D eigenvalue weighted by atomic mass is 16.5. The van der Waals surface area contributed by atoms with Crippen LogP contribution in [0, 0.1) is 12.3 Å². The number of imide groups is 1. The van der Waals surface area contributed by atoms with Crippen LogP contribution in [0.2, 0.25) is 0 Å². The van der Waals surface area contributed by atoms with Gasteiger partial charge in [0.2, 0.25) is 0 Å². The Balaban J connectivity index is 1.64. The van der Waals surface area contributed by atoms with Gasteiger partial charge in [-0.1, -0.05) is 84.8 Å². The van der Waals surface area contributed by atoms with Crippen molar-refractivity contribution in [2.75, 3.05) is 25.1 Å². The van der Waals surface area contributed by atoms with Crippen molar-refractivity contribution in [2.45, 2.75) is 37.0 Å². The van der Waals surface area contributed by atoms with Gasteiger partial charge in [-0.15, -0.1) is 6.42 Å². The van der Waals surface area contributed by atoms with Crippen molar-refractivity contribution in [1.29, 1.82) is 0 Å². The van der Waals surface area contributed by atoms with Crippen LogP contribution in [0.3, 0.4) is 0 Å². The fourth-order valence-electron chi connectivity index (χ4n) is 4.85. The van der Waals surface area contributed by atoms with Crippen LogP contribution >= 0.6 is 0 Å². The number of nitrogens with two attached hydrogens (primary N) is 1. The lowest BCUT2D eigenvalue weighted by Gasteiger charge is -2.30. The van der Waals surface area contributed by atoms with E-state index in [1.54, 1.807) is 12.1 Å². The summed E-state index contributed by atoms with van der Waals surface area (Å²) in [5.41, 5.74) is 9.68. The summed E-state index contributed by atoms with van der Waals surface area (Å²) in [6.45, 7) is 1.30. The second-order valence-corrected chi connectivity index (χ2v) is 9.21. The molecule has 1 heterocycles. The molecule has 4 rings (SSSR count). The zero-order valence-electron chi connectivity index (χ0n) is 21.5. The molecule has 0 spiro atoms. The van der Waals surface area contributed by atoms with Crippen molar-refractivity contribution < 1.29 is 19.1 Å². The number of terminal acetylenes is 1. The van der Waals surface area contributed by atoms with E-state index >= 15 is 0 Å². The van der Waals surface area contributed by atoms with Crippen LogP contribution in [0.25, 0.3) is 0 Å². The highest BCUT2D eigenvalue weighted by Gasteiger charge is 2.36. The van der Waals surface area contributed by atoms with Crippen molar-refractivity contribution >= 4 is 17.7 Å². The minimum atomic E-state index is -1.05. The molecule has 1 aliphatic rings. The number of aryl methyl sites for hydroxylation is 1. The summed E-state index contributed by atoms with van der Waals surface area (Å²) < 4.78 is 11.0. The molecule has 2 amide bonds. The monoisotopic (exact) mass is 511 g/mol. The Kier molecular flexibility index (Phi) is 9.28. The Hall–Kier alpha value is -3.96. The maximum Gasteiger partial charge on any atom is 0.420 e. The Bertz CT molecular complexity index is 1220. The first-order valence-corrected chi connectivity index (χ1v) is 12.7. The topological polar surface area (TPSA) is 93.9 Å². The Morgan fingerprint density at radius 2 is 1.63 bits per heavy atom. The van der Waals surface area contributed by atoms with E-state index in [1.165, 1.54) is 7.11 Å². The second-order valence-electron chi connectivity index (χ2n) is 9.21. The third kappa shape index (κ3) is 6.29. The molecule has 196 valence electrons. The number of nitrogens with zero attached hydrogens (tertiary/aromatic N) is 1. The molecule has 1 aliphatic heterocycles. The predicted octanol–water partition coefficient (Wildman–Crippen LogP) is 3.87. The molecule has 3 aromatic rings. The lowest BCUT2D eigenvalue weighted by molar-refractivity contribution is -0.119. The molecule has 7 heteroatoms. The number of anilines is 1. The Labute approximate surface area is 223 Å². The Morgan fingerprint density at radius 1 is 1.03 bits per heavy atom. The molecule has 3 atom stereocenters. The fourth-order valence-corrected chi connectivity index (χ4v) is 4.85. The number of carbonyl (C=O) groups is 2. The summed E-state index contributed by atoms with van der Waals surface area (Å²) in [4.78, 5) is 28.1. The number of carbonyl (C=O) groups excluding carboxylic acids is 2. The van der Waals surface area contributed by atoms with Gasteiger partial charge in [0.25, 0.3) is 5.91 Å².